The Bertz CT molecular complexity index is 225. The normalized spacial score (nSPS) is 9.50. The lowest BCUT2D eigenvalue weighted by atomic mass is 10.8. The first kappa shape index (κ1) is 7.21. The van der Waals surface area contributed by atoms with Crippen LogP contribution in [-0.4, -0.2) is 29.0 Å². The number of rotatable bonds is 1. The van der Waals surface area contributed by atoms with Crippen molar-refractivity contribution >= 4 is 17.5 Å². The molecule has 0 aliphatic rings. The summed E-state index contributed by atoms with van der Waals surface area (Å²) in [5.41, 5.74) is 0. The van der Waals surface area contributed by atoms with E-state index in [9.17, 15) is 0 Å². The Morgan fingerprint density at radius 1 is 1.40 bits per heavy atom. The van der Waals surface area contributed by atoms with Gasteiger partial charge in [0.15, 0.2) is 0 Å². The molecule has 1 aromatic rings. The number of halogens is 1. The molecule has 0 amide bonds. The minimum Gasteiger partial charge on any atom is -0.347 e. The molecule has 1 aromatic heterocycles. The van der Waals surface area contributed by atoms with Gasteiger partial charge in [0.2, 0.25) is 17.6 Å². The van der Waals surface area contributed by atoms with E-state index in [4.69, 9.17) is 11.6 Å². The van der Waals surface area contributed by atoms with Crippen LogP contribution < -0.4 is 4.90 Å². The van der Waals surface area contributed by atoms with Gasteiger partial charge >= 0.3 is 0 Å². The van der Waals surface area contributed by atoms with Crippen LogP contribution in [0, 0.1) is 6.33 Å². The van der Waals surface area contributed by atoms with Crippen LogP contribution in [0.4, 0.5) is 5.95 Å². The number of nitrogens with zero attached hydrogens (tertiary/aromatic N) is 4. The lowest BCUT2D eigenvalue weighted by Gasteiger charge is -2.07. The minimum absolute atomic E-state index is 0.165. The van der Waals surface area contributed by atoms with Gasteiger partial charge < -0.3 is 4.90 Å². The molecule has 0 unspecified atom stereocenters. The highest BCUT2D eigenvalue weighted by Gasteiger charge is 1.98. The zero-order valence-electron chi connectivity index (χ0n) is 5.67. The molecular weight excluding hydrogens is 152 g/mol. The zero-order chi connectivity index (χ0) is 7.56. The Morgan fingerprint density at radius 3 is 2.50 bits per heavy atom. The van der Waals surface area contributed by atoms with E-state index < -0.39 is 0 Å². The molecule has 0 aromatic carbocycles. The maximum atomic E-state index is 5.47. The van der Waals surface area contributed by atoms with E-state index in [1.165, 1.54) is 0 Å². The first-order chi connectivity index (χ1) is 4.70. The van der Waals surface area contributed by atoms with Gasteiger partial charge in [0.1, 0.15) is 0 Å². The molecular formula is C5H6ClN4. The molecule has 0 N–H and O–H groups in total. The number of aromatic nitrogens is 3. The van der Waals surface area contributed by atoms with Gasteiger partial charge in [-0.25, -0.2) is 0 Å². The third kappa shape index (κ3) is 1.54. The van der Waals surface area contributed by atoms with E-state index in [0.29, 0.717) is 5.95 Å². The van der Waals surface area contributed by atoms with E-state index in [-0.39, 0.29) is 5.28 Å². The highest BCUT2D eigenvalue weighted by Crippen LogP contribution is 2.03. The predicted octanol–water partition coefficient (Wildman–Crippen LogP) is 0.391. The molecule has 0 aliphatic carbocycles. The summed E-state index contributed by atoms with van der Waals surface area (Å²) < 4.78 is 0. The van der Waals surface area contributed by atoms with Crippen molar-refractivity contribution in [3.05, 3.63) is 11.6 Å². The van der Waals surface area contributed by atoms with E-state index in [0.717, 1.165) is 0 Å². The van der Waals surface area contributed by atoms with Gasteiger partial charge in [0, 0.05) is 14.1 Å². The van der Waals surface area contributed by atoms with Crippen LogP contribution in [0.2, 0.25) is 5.28 Å². The second kappa shape index (κ2) is 2.79. The molecule has 0 saturated carbocycles. The average molecular weight is 158 g/mol. The molecule has 5 heteroatoms. The molecule has 0 aliphatic heterocycles. The van der Waals surface area contributed by atoms with Gasteiger partial charge in [0.05, 0.1) is 0 Å². The maximum absolute atomic E-state index is 5.47. The third-order valence-corrected chi connectivity index (χ3v) is 1.05. The predicted molar refractivity (Wildman–Crippen MR) is 38.0 cm³/mol. The van der Waals surface area contributed by atoms with Gasteiger partial charge in [-0.1, -0.05) is 0 Å². The standard InChI is InChI=1S/C5H6ClN4/c1-10(2)5-8-3-7-4(6)9-5/h1-2H3. The lowest BCUT2D eigenvalue weighted by Crippen LogP contribution is -2.12. The summed E-state index contributed by atoms with van der Waals surface area (Å²) in [6.07, 6.45) is 2.37. The topological polar surface area (TPSA) is 41.9 Å². The molecule has 0 spiro atoms. The van der Waals surface area contributed by atoms with Gasteiger partial charge in [-0.15, -0.1) is 0 Å². The Labute approximate surface area is 63.9 Å². The number of hydrogen-bond donors (Lipinski definition) is 0. The van der Waals surface area contributed by atoms with Crippen molar-refractivity contribution in [2.45, 2.75) is 0 Å². The minimum atomic E-state index is 0.165. The smallest absolute Gasteiger partial charge is 0.229 e. The average Bonchev–Trinajstić information content (AvgIpc) is 1.88. The van der Waals surface area contributed by atoms with Crippen molar-refractivity contribution in [2.75, 3.05) is 19.0 Å². The fourth-order valence-corrected chi connectivity index (χ4v) is 0.557. The van der Waals surface area contributed by atoms with Gasteiger partial charge in [-0.2, -0.15) is 15.0 Å². The summed E-state index contributed by atoms with van der Waals surface area (Å²) >= 11 is 5.47. The van der Waals surface area contributed by atoms with Crippen molar-refractivity contribution in [2.24, 2.45) is 0 Å². The van der Waals surface area contributed by atoms with Crippen LogP contribution in [0.15, 0.2) is 0 Å². The summed E-state index contributed by atoms with van der Waals surface area (Å²) in [5, 5.41) is 0.165. The zero-order valence-corrected chi connectivity index (χ0v) is 6.42. The first-order valence-electron chi connectivity index (χ1n) is 2.65. The quantitative estimate of drug-likeness (QED) is 0.592. The fraction of sp³-hybridized carbons (Fsp3) is 0.400. The van der Waals surface area contributed by atoms with Crippen molar-refractivity contribution < 1.29 is 0 Å². The van der Waals surface area contributed by atoms with Gasteiger partial charge in [0.25, 0.3) is 0 Å². The molecule has 1 heterocycles. The van der Waals surface area contributed by atoms with Gasteiger partial charge in [-0.3, -0.25) is 0 Å². The fourth-order valence-electron chi connectivity index (χ4n) is 0.443. The molecule has 0 fully saturated rings. The third-order valence-electron chi connectivity index (χ3n) is 0.885. The SMILES string of the molecule is CN(C)c1n[c]nc(Cl)n1. The van der Waals surface area contributed by atoms with Crippen molar-refractivity contribution in [3.63, 3.8) is 0 Å². The summed E-state index contributed by atoms with van der Waals surface area (Å²) in [6.45, 7) is 0. The van der Waals surface area contributed by atoms with E-state index in [1.54, 1.807) is 4.90 Å². The second-order valence-corrected chi connectivity index (χ2v) is 2.24. The van der Waals surface area contributed by atoms with E-state index >= 15 is 0 Å². The Morgan fingerprint density at radius 2 is 2.10 bits per heavy atom. The number of anilines is 1. The molecule has 0 atom stereocenters. The summed E-state index contributed by atoms with van der Waals surface area (Å²) in [7, 11) is 3.64. The van der Waals surface area contributed by atoms with Crippen molar-refractivity contribution in [1.29, 1.82) is 0 Å². The highest BCUT2D eigenvalue weighted by atomic mass is 35.5. The monoisotopic (exact) mass is 157 g/mol. The number of hydrogen-bond acceptors (Lipinski definition) is 4. The van der Waals surface area contributed by atoms with Crippen molar-refractivity contribution in [1.82, 2.24) is 15.0 Å². The molecule has 4 nitrogen and oxygen atoms in total. The Kier molecular flexibility index (Phi) is 2.01. The van der Waals surface area contributed by atoms with E-state index in [2.05, 4.69) is 21.3 Å². The van der Waals surface area contributed by atoms with Crippen LogP contribution in [0.1, 0.15) is 0 Å². The highest BCUT2D eigenvalue weighted by molar-refractivity contribution is 6.28. The van der Waals surface area contributed by atoms with Crippen LogP contribution in [0.5, 0.6) is 0 Å². The second-order valence-electron chi connectivity index (χ2n) is 1.90. The summed E-state index contributed by atoms with van der Waals surface area (Å²) in [6, 6.07) is 0. The van der Waals surface area contributed by atoms with Crippen LogP contribution in [0.3, 0.4) is 0 Å². The molecule has 10 heavy (non-hydrogen) atoms. The largest absolute Gasteiger partial charge is 0.347 e. The Balaban J connectivity index is 2.96. The van der Waals surface area contributed by atoms with Crippen LogP contribution in [-0.2, 0) is 0 Å². The first-order valence-corrected chi connectivity index (χ1v) is 3.03. The Hall–Kier alpha value is -0.900. The molecule has 1 radical (unpaired) electrons. The molecule has 53 valence electrons. The lowest BCUT2D eigenvalue weighted by molar-refractivity contribution is 0.949. The molecule has 0 saturated heterocycles. The van der Waals surface area contributed by atoms with Crippen LogP contribution in [0.25, 0.3) is 0 Å². The molecule has 1 rings (SSSR count). The summed E-state index contributed by atoms with van der Waals surface area (Å²) in [4.78, 5) is 12.8. The molecule has 0 bridgehead atoms. The van der Waals surface area contributed by atoms with Gasteiger partial charge in [-0.05, 0) is 11.6 Å². The maximum Gasteiger partial charge on any atom is 0.229 e. The summed E-state index contributed by atoms with van der Waals surface area (Å²) in [5.74, 6) is 0.514. The van der Waals surface area contributed by atoms with E-state index in [1.807, 2.05) is 14.1 Å². The van der Waals surface area contributed by atoms with Crippen LogP contribution >= 0.6 is 11.6 Å². The van der Waals surface area contributed by atoms with Crippen molar-refractivity contribution in [3.8, 4) is 0 Å².